The normalized spacial score (nSPS) is 16.7. The Morgan fingerprint density at radius 1 is 0.542 bits per heavy atom. The van der Waals surface area contributed by atoms with Crippen LogP contribution in [0, 0.1) is 0 Å². The van der Waals surface area contributed by atoms with Crippen molar-refractivity contribution < 1.29 is 0 Å². The Labute approximate surface area is 423 Å². The maximum atomic E-state index is 5.06. The van der Waals surface area contributed by atoms with Gasteiger partial charge in [0.05, 0.1) is 11.4 Å². The van der Waals surface area contributed by atoms with Crippen molar-refractivity contribution in [2.24, 2.45) is 4.99 Å². The number of dihydropyridines is 1. The number of allylic oxidation sites excluding steroid dienone is 6. The van der Waals surface area contributed by atoms with Crippen LogP contribution in [-0.4, -0.2) is 17.2 Å². The van der Waals surface area contributed by atoms with Crippen molar-refractivity contribution in [1.82, 2.24) is 4.98 Å². The van der Waals surface area contributed by atoms with Gasteiger partial charge in [-0.25, -0.2) is 0 Å². The van der Waals surface area contributed by atoms with Crippen molar-refractivity contribution in [3.05, 3.63) is 264 Å². The van der Waals surface area contributed by atoms with E-state index in [0.29, 0.717) is 6.54 Å². The van der Waals surface area contributed by atoms with Crippen molar-refractivity contribution in [2.45, 2.75) is 49.9 Å². The molecule has 3 aliphatic carbocycles. The number of para-hydroxylation sites is 2. The van der Waals surface area contributed by atoms with Crippen LogP contribution in [0.5, 0.6) is 0 Å². The number of rotatable bonds is 10. The second-order valence-electron chi connectivity index (χ2n) is 19.9. The van der Waals surface area contributed by atoms with E-state index in [1.54, 1.807) is 0 Å². The molecule has 1 spiro atoms. The third-order valence-electron chi connectivity index (χ3n) is 15.7. The van der Waals surface area contributed by atoms with Gasteiger partial charge in [0.1, 0.15) is 0 Å². The van der Waals surface area contributed by atoms with Gasteiger partial charge >= 0.3 is 0 Å². The van der Waals surface area contributed by atoms with Crippen LogP contribution in [0.3, 0.4) is 0 Å². The predicted octanol–water partition coefficient (Wildman–Crippen LogP) is 18.1. The fraction of sp³-hybridized carbons (Fsp3) is 0.130. The number of aliphatic imine (C=N–C) groups is 1. The van der Waals surface area contributed by atoms with Crippen molar-refractivity contribution in [3.63, 3.8) is 0 Å². The lowest BCUT2D eigenvalue weighted by atomic mass is 9.76. The monoisotopic (exact) mass is 925 g/mol. The quantitative estimate of drug-likeness (QED) is 0.128. The lowest BCUT2D eigenvalue weighted by molar-refractivity contribution is 0.550. The highest BCUT2D eigenvalue weighted by Crippen LogP contribution is 2.58. The maximum Gasteiger partial charge on any atom is 0.0630 e. The number of aromatic nitrogens is 1. The van der Waals surface area contributed by atoms with Crippen molar-refractivity contribution in [1.29, 1.82) is 0 Å². The van der Waals surface area contributed by atoms with Crippen LogP contribution >= 0.6 is 0 Å². The molecule has 1 saturated carbocycles. The van der Waals surface area contributed by atoms with E-state index in [9.17, 15) is 0 Å². The fourth-order valence-corrected chi connectivity index (χ4v) is 12.2. The topological polar surface area (TPSA) is 28.5 Å². The molecular weight excluding hydrogens is 871 g/mol. The molecule has 0 bridgehead atoms. The molecule has 8 aromatic carbocycles. The Bertz CT molecular complexity index is 3660. The minimum atomic E-state index is 0.0307. The summed E-state index contributed by atoms with van der Waals surface area (Å²) in [5.41, 5.74) is 20.1. The van der Waals surface area contributed by atoms with Gasteiger partial charge in [0.2, 0.25) is 0 Å². The molecule has 1 fully saturated rings. The molecule has 346 valence electrons. The molecule has 1 aliphatic heterocycles. The largest absolute Gasteiger partial charge is 0.310 e. The number of hydrogen-bond donors (Lipinski definition) is 0. The molecule has 13 rings (SSSR count). The predicted molar refractivity (Wildman–Crippen MR) is 305 cm³/mol. The number of fused-ring (bicyclic) bond motifs is 8. The van der Waals surface area contributed by atoms with Gasteiger partial charge in [0, 0.05) is 41.1 Å². The second-order valence-corrected chi connectivity index (χ2v) is 19.9. The van der Waals surface area contributed by atoms with E-state index in [1.807, 2.05) is 6.20 Å². The number of nitrogens with zero attached hydrogens (tertiary/aromatic N) is 3. The van der Waals surface area contributed by atoms with E-state index in [1.165, 1.54) is 120 Å². The van der Waals surface area contributed by atoms with Crippen LogP contribution in [0.2, 0.25) is 0 Å². The number of benzene rings is 8. The molecule has 1 unspecified atom stereocenters. The molecule has 1 aromatic heterocycles. The third kappa shape index (κ3) is 7.96. The van der Waals surface area contributed by atoms with Gasteiger partial charge in [-0.2, -0.15) is 0 Å². The van der Waals surface area contributed by atoms with Gasteiger partial charge in [-0.1, -0.05) is 183 Å². The molecule has 0 N–H and O–H groups in total. The summed E-state index contributed by atoms with van der Waals surface area (Å²) >= 11 is 0. The zero-order valence-corrected chi connectivity index (χ0v) is 40.5. The van der Waals surface area contributed by atoms with Crippen LogP contribution in [0.1, 0.15) is 83.5 Å². The average Bonchev–Trinajstić information content (AvgIpc) is 4.06. The highest BCUT2D eigenvalue weighted by Gasteiger charge is 2.45. The molecule has 1 atom stereocenters. The van der Waals surface area contributed by atoms with E-state index in [-0.39, 0.29) is 11.3 Å². The summed E-state index contributed by atoms with van der Waals surface area (Å²) in [6.45, 7) is 0.711. The number of anilines is 3. The molecule has 4 aliphatic rings. The van der Waals surface area contributed by atoms with Crippen LogP contribution in [0.15, 0.2) is 230 Å². The summed E-state index contributed by atoms with van der Waals surface area (Å²) in [6, 6.07) is 67.0. The van der Waals surface area contributed by atoms with Gasteiger partial charge in [0.25, 0.3) is 0 Å². The summed E-state index contributed by atoms with van der Waals surface area (Å²) in [7, 11) is 0. The smallest absolute Gasteiger partial charge is 0.0630 e. The molecule has 0 saturated heterocycles. The molecule has 0 radical (unpaired) electrons. The first-order chi connectivity index (χ1) is 35.7. The standard InChI is InChI=1S/C69H55N3/c1-5-17-50(18-6-1)67-62-26-14-13-25-59(62)64-44-52(32-39-63(64)68(67)51-19-7-2-8-20-51)53-31-36-55(71-47-53)35-29-49-28-34-54(70-46-49)33-27-48-30-38-60-61-40-37-58(45-66(61)69(65(60)43-48)41-15-16-42-69)72(56-21-9-3-10-22-56)57-23-11-4-12-24-57/h1-5,7-14,17,19-40,43-46,53H,6,15-16,18,41-42,47H2/b33-27+,35-29+. The van der Waals surface area contributed by atoms with E-state index in [2.05, 4.69) is 242 Å². The number of pyridine rings is 1. The number of hydrogen-bond acceptors (Lipinski definition) is 3. The Balaban J connectivity index is 0.714. The minimum Gasteiger partial charge on any atom is -0.310 e. The lowest BCUT2D eigenvalue weighted by Crippen LogP contribution is -2.21. The van der Waals surface area contributed by atoms with E-state index in [0.717, 1.165) is 29.8 Å². The van der Waals surface area contributed by atoms with Gasteiger partial charge < -0.3 is 4.90 Å². The zero-order chi connectivity index (χ0) is 47.8. The summed E-state index contributed by atoms with van der Waals surface area (Å²) in [5, 5.41) is 5.22. The van der Waals surface area contributed by atoms with Gasteiger partial charge in [-0.15, -0.1) is 0 Å². The van der Waals surface area contributed by atoms with Crippen molar-refractivity contribution in [3.8, 4) is 22.3 Å². The van der Waals surface area contributed by atoms with Crippen molar-refractivity contribution in [2.75, 3.05) is 11.4 Å². The molecule has 72 heavy (non-hydrogen) atoms. The first-order valence-corrected chi connectivity index (χ1v) is 25.8. The zero-order valence-electron chi connectivity index (χ0n) is 40.5. The molecule has 9 aromatic rings. The third-order valence-corrected chi connectivity index (χ3v) is 15.7. The van der Waals surface area contributed by atoms with Crippen molar-refractivity contribution >= 4 is 68.1 Å². The Morgan fingerprint density at radius 2 is 1.22 bits per heavy atom. The van der Waals surface area contributed by atoms with Crippen LogP contribution in [0.25, 0.3) is 67.6 Å². The Morgan fingerprint density at radius 3 is 1.93 bits per heavy atom. The molecule has 3 heteroatoms. The summed E-state index contributed by atoms with van der Waals surface area (Å²) in [5.74, 6) is 0.206. The summed E-state index contributed by atoms with van der Waals surface area (Å²) < 4.78 is 0. The highest BCUT2D eigenvalue weighted by atomic mass is 15.1. The molecular formula is C69H55N3. The lowest BCUT2D eigenvalue weighted by Gasteiger charge is -2.30. The van der Waals surface area contributed by atoms with Crippen LogP contribution < -0.4 is 4.90 Å². The highest BCUT2D eigenvalue weighted by molar-refractivity contribution is 6.19. The van der Waals surface area contributed by atoms with Gasteiger partial charge in [-0.05, 0) is 175 Å². The first-order valence-electron chi connectivity index (χ1n) is 25.8. The summed E-state index contributed by atoms with van der Waals surface area (Å²) in [4.78, 5) is 12.3. The van der Waals surface area contributed by atoms with E-state index >= 15 is 0 Å². The first kappa shape index (κ1) is 43.6. The Kier molecular flexibility index (Phi) is 11.3. The van der Waals surface area contributed by atoms with E-state index in [4.69, 9.17) is 9.98 Å². The van der Waals surface area contributed by atoms with Crippen LogP contribution in [-0.2, 0) is 5.41 Å². The molecule has 3 nitrogen and oxygen atoms in total. The molecule has 2 heterocycles. The SMILES string of the molecule is C1=CCCC(c2c(-c3ccccc3)c3ccc(C4C=CC(/C=C/c5ccc(/C=C/c6ccc7c(c6)C6(CCCC6)c6cc(N(c8ccccc8)c8ccccc8)ccc6-7)nc5)=NC4)cc3c3ccccc23)=C1. The van der Waals surface area contributed by atoms with Crippen LogP contribution in [0.4, 0.5) is 17.1 Å². The second kappa shape index (κ2) is 18.7. The Hall–Kier alpha value is -8.40. The van der Waals surface area contributed by atoms with Gasteiger partial charge in [-0.3, -0.25) is 9.98 Å². The minimum absolute atomic E-state index is 0.0307. The fourth-order valence-electron chi connectivity index (χ4n) is 12.2. The summed E-state index contributed by atoms with van der Waals surface area (Å²) in [6.07, 6.45) is 28.8. The maximum absolute atomic E-state index is 5.06. The molecule has 0 amide bonds. The average molecular weight is 926 g/mol. The van der Waals surface area contributed by atoms with E-state index < -0.39 is 0 Å². The van der Waals surface area contributed by atoms with Gasteiger partial charge in [0.15, 0.2) is 0 Å².